The molecule has 13 heavy (non-hydrogen) atoms. The second-order valence-electron chi connectivity index (χ2n) is 4.21. The van der Waals surface area contributed by atoms with Gasteiger partial charge in [0.1, 0.15) is 0 Å². The zero-order chi connectivity index (χ0) is 10.2. The van der Waals surface area contributed by atoms with Gasteiger partial charge in [0.15, 0.2) is 5.78 Å². The Kier molecular flexibility index (Phi) is 2.37. The lowest BCUT2D eigenvalue weighted by atomic mass is 9.75. The molecule has 1 rings (SSSR count). The molecule has 0 heterocycles. The molecule has 0 amide bonds. The van der Waals surface area contributed by atoms with E-state index in [1.807, 2.05) is 20.8 Å². The summed E-state index contributed by atoms with van der Waals surface area (Å²) in [5, 5.41) is 0. The van der Waals surface area contributed by atoms with Gasteiger partial charge >= 0.3 is 0 Å². The third kappa shape index (κ3) is 1.55. The van der Waals surface area contributed by atoms with Crippen molar-refractivity contribution in [2.45, 2.75) is 33.6 Å². The van der Waals surface area contributed by atoms with Gasteiger partial charge in [-0.1, -0.05) is 20.8 Å². The molecule has 1 aliphatic rings. The van der Waals surface area contributed by atoms with Crippen molar-refractivity contribution in [3.63, 3.8) is 0 Å². The van der Waals surface area contributed by atoms with Crippen LogP contribution in [0.1, 0.15) is 33.6 Å². The van der Waals surface area contributed by atoms with Crippen molar-refractivity contribution in [2.75, 3.05) is 0 Å². The van der Waals surface area contributed by atoms with Crippen LogP contribution in [0.3, 0.4) is 0 Å². The van der Waals surface area contributed by atoms with Gasteiger partial charge in [-0.05, 0) is 11.8 Å². The Morgan fingerprint density at radius 1 is 1.31 bits per heavy atom. The first kappa shape index (κ1) is 10.1. The number of ketones is 3. The average molecular weight is 182 g/mol. The van der Waals surface area contributed by atoms with E-state index in [1.165, 1.54) is 0 Å². The van der Waals surface area contributed by atoms with Crippen LogP contribution in [0.15, 0.2) is 0 Å². The van der Waals surface area contributed by atoms with Crippen LogP contribution in [0.5, 0.6) is 0 Å². The highest BCUT2D eigenvalue weighted by molar-refractivity contribution is 6.50. The standard InChI is InChI=1S/C10H14O3/c1-4-10(2,3)8-6(11)5-7(12)9(8)13/h8H,4-5H2,1-3H3. The van der Waals surface area contributed by atoms with Crippen LogP contribution in [0.25, 0.3) is 0 Å². The van der Waals surface area contributed by atoms with Crippen molar-refractivity contribution in [1.82, 2.24) is 0 Å². The van der Waals surface area contributed by atoms with Crippen LogP contribution >= 0.6 is 0 Å². The van der Waals surface area contributed by atoms with E-state index in [2.05, 4.69) is 0 Å². The van der Waals surface area contributed by atoms with Gasteiger partial charge in [0.25, 0.3) is 0 Å². The summed E-state index contributed by atoms with van der Waals surface area (Å²) in [4.78, 5) is 33.7. The van der Waals surface area contributed by atoms with Gasteiger partial charge in [-0.2, -0.15) is 0 Å². The third-order valence-corrected chi connectivity index (χ3v) is 2.89. The normalized spacial score (nSPS) is 24.2. The van der Waals surface area contributed by atoms with E-state index < -0.39 is 17.5 Å². The zero-order valence-electron chi connectivity index (χ0n) is 8.22. The maximum Gasteiger partial charge on any atom is 0.209 e. The summed E-state index contributed by atoms with van der Waals surface area (Å²) in [6.45, 7) is 5.63. The SMILES string of the molecule is CCC(C)(C)C1C(=O)CC(=O)C1=O. The third-order valence-electron chi connectivity index (χ3n) is 2.89. The predicted molar refractivity (Wildman–Crippen MR) is 47.2 cm³/mol. The van der Waals surface area contributed by atoms with Crippen molar-refractivity contribution in [3.8, 4) is 0 Å². The van der Waals surface area contributed by atoms with E-state index in [-0.39, 0.29) is 17.6 Å². The molecule has 0 spiro atoms. The number of Topliss-reactive ketones (excluding diaryl/α,β-unsaturated/α-hetero) is 3. The zero-order valence-corrected chi connectivity index (χ0v) is 8.22. The topological polar surface area (TPSA) is 51.2 Å². The lowest BCUT2D eigenvalue weighted by molar-refractivity contribution is -0.138. The van der Waals surface area contributed by atoms with E-state index >= 15 is 0 Å². The lowest BCUT2D eigenvalue weighted by Crippen LogP contribution is -2.32. The molecule has 0 aromatic carbocycles. The summed E-state index contributed by atoms with van der Waals surface area (Å²) in [5.74, 6) is -1.90. The van der Waals surface area contributed by atoms with E-state index in [0.29, 0.717) is 0 Å². The Morgan fingerprint density at radius 2 is 1.85 bits per heavy atom. The molecule has 0 aromatic rings. The predicted octanol–water partition coefficient (Wildman–Crippen LogP) is 1.15. The van der Waals surface area contributed by atoms with Gasteiger partial charge in [-0.25, -0.2) is 0 Å². The largest absolute Gasteiger partial charge is 0.298 e. The van der Waals surface area contributed by atoms with Crippen LogP contribution in [-0.2, 0) is 14.4 Å². The first-order valence-corrected chi connectivity index (χ1v) is 4.50. The van der Waals surface area contributed by atoms with E-state index in [4.69, 9.17) is 0 Å². The summed E-state index contributed by atoms with van der Waals surface area (Å²) in [6.07, 6.45) is 0.537. The Morgan fingerprint density at radius 3 is 2.15 bits per heavy atom. The molecule has 1 fully saturated rings. The van der Waals surface area contributed by atoms with Crippen LogP contribution < -0.4 is 0 Å². The molecule has 0 aliphatic heterocycles. The molecule has 0 N–H and O–H groups in total. The van der Waals surface area contributed by atoms with Crippen LogP contribution in [0, 0.1) is 11.3 Å². The Balaban J connectivity index is 2.99. The molecule has 72 valence electrons. The number of carbonyl (C=O) groups excluding carboxylic acids is 3. The van der Waals surface area contributed by atoms with E-state index in [9.17, 15) is 14.4 Å². The molecule has 1 saturated carbocycles. The van der Waals surface area contributed by atoms with Crippen LogP contribution in [0.4, 0.5) is 0 Å². The van der Waals surface area contributed by atoms with Crippen molar-refractivity contribution in [1.29, 1.82) is 0 Å². The summed E-state index contributed by atoms with van der Waals surface area (Å²) < 4.78 is 0. The molecule has 3 nitrogen and oxygen atoms in total. The average Bonchev–Trinajstić information content (AvgIpc) is 2.27. The summed E-state index contributed by atoms with van der Waals surface area (Å²) in [6, 6.07) is 0. The fourth-order valence-corrected chi connectivity index (χ4v) is 1.65. The molecule has 0 radical (unpaired) electrons. The first-order valence-electron chi connectivity index (χ1n) is 4.50. The minimum Gasteiger partial charge on any atom is -0.298 e. The Labute approximate surface area is 77.5 Å². The molecule has 0 bridgehead atoms. The number of rotatable bonds is 2. The Hall–Kier alpha value is -0.990. The fraction of sp³-hybridized carbons (Fsp3) is 0.700. The van der Waals surface area contributed by atoms with Gasteiger partial charge in [0.2, 0.25) is 11.6 Å². The smallest absolute Gasteiger partial charge is 0.209 e. The summed E-state index contributed by atoms with van der Waals surface area (Å²) in [7, 11) is 0. The monoisotopic (exact) mass is 182 g/mol. The quantitative estimate of drug-likeness (QED) is 0.475. The van der Waals surface area contributed by atoms with Crippen LogP contribution in [0.2, 0.25) is 0 Å². The molecular formula is C10H14O3. The second kappa shape index (κ2) is 3.05. The van der Waals surface area contributed by atoms with Gasteiger partial charge in [-0.15, -0.1) is 0 Å². The first-order chi connectivity index (χ1) is 5.90. The van der Waals surface area contributed by atoms with Crippen molar-refractivity contribution < 1.29 is 14.4 Å². The number of carbonyl (C=O) groups is 3. The molecule has 1 aliphatic carbocycles. The fourth-order valence-electron chi connectivity index (χ4n) is 1.65. The van der Waals surface area contributed by atoms with E-state index in [0.717, 1.165) is 6.42 Å². The second-order valence-corrected chi connectivity index (χ2v) is 4.21. The van der Waals surface area contributed by atoms with Crippen molar-refractivity contribution in [3.05, 3.63) is 0 Å². The Bertz CT molecular complexity index is 276. The van der Waals surface area contributed by atoms with Gasteiger partial charge in [0, 0.05) is 0 Å². The highest BCUT2D eigenvalue weighted by Gasteiger charge is 2.47. The maximum absolute atomic E-state index is 11.4. The molecule has 0 aromatic heterocycles. The minimum atomic E-state index is -0.690. The van der Waals surface area contributed by atoms with Crippen molar-refractivity contribution >= 4 is 17.3 Å². The summed E-state index contributed by atoms with van der Waals surface area (Å²) in [5.41, 5.74) is -0.375. The highest BCUT2D eigenvalue weighted by atomic mass is 16.2. The molecule has 0 saturated heterocycles. The van der Waals surface area contributed by atoms with E-state index in [1.54, 1.807) is 0 Å². The van der Waals surface area contributed by atoms with Gasteiger partial charge in [0.05, 0.1) is 12.3 Å². The van der Waals surface area contributed by atoms with Crippen molar-refractivity contribution in [2.24, 2.45) is 11.3 Å². The van der Waals surface area contributed by atoms with Gasteiger partial charge < -0.3 is 0 Å². The highest BCUT2D eigenvalue weighted by Crippen LogP contribution is 2.36. The maximum atomic E-state index is 11.4. The number of hydrogen-bond donors (Lipinski definition) is 0. The lowest BCUT2D eigenvalue weighted by Gasteiger charge is -2.26. The summed E-state index contributed by atoms with van der Waals surface area (Å²) >= 11 is 0. The molecule has 1 atom stereocenters. The molecule has 1 unspecified atom stereocenters. The van der Waals surface area contributed by atoms with Gasteiger partial charge in [-0.3, -0.25) is 14.4 Å². The minimum absolute atomic E-state index is 0.188. The number of hydrogen-bond acceptors (Lipinski definition) is 3. The van der Waals surface area contributed by atoms with Crippen LogP contribution in [-0.4, -0.2) is 17.3 Å². The molecular weight excluding hydrogens is 168 g/mol. The molecule has 3 heteroatoms.